The molecular formula is C20H23ClFN3O3S. The largest absolute Gasteiger partial charge is 0.323 e. The van der Waals surface area contributed by atoms with Crippen LogP contribution in [-0.2, 0) is 14.8 Å². The fourth-order valence-electron chi connectivity index (χ4n) is 3.36. The van der Waals surface area contributed by atoms with E-state index in [4.69, 9.17) is 11.6 Å². The quantitative estimate of drug-likeness (QED) is 0.777. The van der Waals surface area contributed by atoms with Crippen molar-refractivity contribution in [3.05, 3.63) is 58.4 Å². The van der Waals surface area contributed by atoms with Crippen LogP contribution in [0.25, 0.3) is 0 Å². The average molecular weight is 440 g/mol. The Kier molecular flexibility index (Phi) is 6.58. The Morgan fingerprint density at radius 1 is 1.14 bits per heavy atom. The molecule has 9 heteroatoms. The number of halogens is 2. The minimum absolute atomic E-state index is 0.0619. The van der Waals surface area contributed by atoms with Crippen LogP contribution < -0.4 is 5.32 Å². The molecule has 0 bridgehead atoms. The first-order valence-corrected chi connectivity index (χ1v) is 11.0. The highest BCUT2D eigenvalue weighted by molar-refractivity contribution is 7.89. The molecule has 0 aliphatic carbocycles. The molecule has 0 aromatic heterocycles. The number of sulfonamides is 1. The molecule has 0 radical (unpaired) electrons. The van der Waals surface area contributed by atoms with E-state index < -0.39 is 15.8 Å². The van der Waals surface area contributed by atoms with Crippen molar-refractivity contribution in [1.82, 2.24) is 9.21 Å². The number of amides is 1. The number of hydrogen-bond donors (Lipinski definition) is 1. The Morgan fingerprint density at radius 2 is 1.83 bits per heavy atom. The molecule has 0 saturated carbocycles. The van der Waals surface area contributed by atoms with Crippen molar-refractivity contribution in [3.63, 3.8) is 0 Å². The Bertz CT molecular complexity index is 998. The van der Waals surface area contributed by atoms with E-state index >= 15 is 0 Å². The molecule has 1 fully saturated rings. The summed E-state index contributed by atoms with van der Waals surface area (Å²) in [6.07, 6.45) is 0. The molecule has 1 N–H and O–H groups in total. The summed E-state index contributed by atoms with van der Waals surface area (Å²) in [6, 6.07) is 8.71. The summed E-state index contributed by atoms with van der Waals surface area (Å²) in [5.41, 5.74) is 2.49. The standard InChI is InChI=1S/C20H23ClFN3O3S/c1-14-10-15(2)20(18(21)11-14)23-19(26)13-24-6-8-25(9-7-24)29(27,28)17-5-3-4-16(22)12-17/h3-5,10-12H,6-9,13H2,1-2H3,(H,23,26). The third kappa shape index (κ3) is 5.14. The Morgan fingerprint density at radius 3 is 2.45 bits per heavy atom. The normalized spacial score (nSPS) is 16.0. The number of nitrogens with zero attached hydrogens (tertiary/aromatic N) is 2. The van der Waals surface area contributed by atoms with E-state index in [0.717, 1.165) is 17.2 Å². The summed E-state index contributed by atoms with van der Waals surface area (Å²) in [5.74, 6) is -0.799. The molecule has 3 rings (SSSR count). The number of anilines is 1. The summed E-state index contributed by atoms with van der Waals surface area (Å²) in [7, 11) is -3.75. The molecule has 1 aliphatic rings. The number of hydrogen-bond acceptors (Lipinski definition) is 4. The fraction of sp³-hybridized carbons (Fsp3) is 0.350. The number of aryl methyl sites for hydroxylation is 2. The van der Waals surface area contributed by atoms with Gasteiger partial charge in [-0.25, -0.2) is 12.8 Å². The maximum Gasteiger partial charge on any atom is 0.243 e. The van der Waals surface area contributed by atoms with Crippen molar-refractivity contribution in [1.29, 1.82) is 0 Å². The van der Waals surface area contributed by atoms with E-state index in [1.54, 1.807) is 6.07 Å². The van der Waals surface area contributed by atoms with Crippen LogP contribution in [0, 0.1) is 19.7 Å². The summed E-state index contributed by atoms with van der Waals surface area (Å²) < 4.78 is 40.0. The van der Waals surface area contributed by atoms with Gasteiger partial charge in [-0.15, -0.1) is 0 Å². The highest BCUT2D eigenvalue weighted by atomic mass is 35.5. The van der Waals surface area contributed by atoms with Gasteiger partial charge in [0.15, 0.2) is 0 Å². The van der Waals surface area contributed by atoms with Gasteiger partial charge < -0.3 is 5.32 Å². The predicted octanol–water partition coefficient (Wildman–Crippen LogP) is 3.04. The molecule has 156 valence electrons. The molecule has 1 aliphatic heterocycles. The number of carbonyl (C=O) groups is 1. The second kappa shape index (κ2) is 8.79. The van der Waals surface area contributed by atoms with Gasteiger partial charge in [0.25, 0.3) is 0 Å². The van der Waals surface area contributed by atoms with Crippen LogP contribution in [-0.4, -0.2) is 56.3 Å². The predicted molar refractivity (Wildman–Crippen MR) is 111 cm³/mol. The first kappa shape index (κ1) is 21.7. The topological polar surface area (TPSA) is 69.7 Å². The van der Waals surface area contributed by atoms with Gasteiger partial charge in [-0.05, 0) is 49.2 Å². The Labute approximate surface area is 175 Å². The molecule has 1 heterocycles. The van der Waals surface area contributed by atoms with Gasteiger partial charge in [0.05, 0.1) is 22.2 Å². The fourth-order valence-corrected chi connectivity index (χ4v) is 5.18. The van der Waals surface area contributed by atoms with E-state index in [1.807, 2.05) is 24.8 Å². The Balaban J connectivity index is 1.58. The van der Waals surface area contributed by atoms with Crippen molar-refractivity contribution >= 4 is 33.2 Å². The summed E-state index contributed by atoms with van der Waals surface area (Å²) in [6.45, 7) is 5.22. The van der Waals surface area contributed by atoms with Gasteiger partial charge in [0.1, 0.15) is 5.82 Å². The van der Waals surface area contributed by atoms with E-state index in [9.17, 15) is 17.6 Å². The number of carbonyl (C=O) groups excluding carboxylic acids is 1. The lowest BCUT2D eigenvalue weighted by Crippen LogP contribution is -2.50. The number of rotatable bonds is 5. The molecule has 2 aromatic carbocycles. The third-order valence-corrected chi connectivity index (χ3v) is 7.02. The van der Waals surface area contributed by atoms with Crippen LogP contribution in [0.2, 0.25) is 5.02 Å². The second-order valence-corrected chi connectivity index (χ2v) is 9.47. The number of nitrogens with one attached hydrogen (secondary N) is 1. The lowest BCUT2D eigenvalue weighted by atomic mass is 10.1. The molecule has 1 amide bonds. The van der Waals surface area contributed by atoms with Gasteiger partial charge in [0, 0.05) is 26.2 Å². The van der Waals surface area contributed by atoms with Crippen molar-refractivity contribution in [3.8, 4) is 0 Å². The maximum absolute atomic E-state index is 13.4. The monoisotopic (exact) mass is 439 g/mol. The van der Waals surface area contributed by atoms with Crippen LogP contribution in [0.15, 0.2) is 41.3 Å². The highest BCUT2D eigenvalue weighted by Crippen LogP contribution is 2.27. The van der Waals surface area contributed by atoms with Crippen LogP contribution in [0.5, 0.6) is 0 Å². The summed E-state index contributed by atoms with van der Waals surface area (Å²) in [4.78, 5) is 14.2. The molecule has 1 saturated heterocycles. The van der Waals surface area contributed by atoms with Crippen LogP contribution in [0.3, 0.4) is 0 Å². The van der Waals surface area contributed by atoms with Gasteiger partial charge in [-0.2, -0.15) is 4.31 Å². The zero-order valence-corrected chi connectivity index (χ0v) is 17.9. The maximum atomic E-state index is 13.4. The van der Waals surface area contributed by atoms with Crippen molar-refractivity contribution in [2.45, 2.75) is 18.7 Å². The van der Waals surface area contributed by atoms with Gasteiger partial charge in [-0.3, -0.25) is 9.69 Å². The van der Waals surface area contributed by atoms with Crippen LogP contribution in [0.4, 0.5) is 10.1 Å². The first-order valence-electron chi connectivity index (χ1n) is 9.21. The lowest BCUT2D eigenvalue weighted by molar-refractivity contribution is -0.117. The van der Waals surface area contributed by atoms with Crippen molar-refractivity contribution in [2.75, 3.05) is 38.0 Å². The molecule has 6 nitrogen and oxygen atoms in total. The molecule has 0 unspecified atom stereocenters. The molecule has 29 heavy (non-hydrogen) atoms. The Hall–Kier alpha value is -2.00. The third-order valence-electron chi connectivity index (χ3n) is 4.83. The summed E-state index contributed by atoms with van der Waals surface area (Å²) >= 11 is 6.23. The molecule has 0 spiro atoms. The van der Waals surface area contributed by atoms with Gasteiger partial charge in [-0.1, -0.05) is 23.7 Å². The van der Waals surface area contributed by atoms with Crippen molar-refractivity contribution < 1.29 is 17.6 Å². The van der Waals surface area contributed by atoms with E-state index in [0.29, 0.717) is 23.8 Å². The average Bonchev–Trinajstić information content (AvgIpc) is 2.65. The van der Waals surface area contributed by atoms with Gasteiger partial charge in [0.2, 0.25) is 15.9 Å². The highest BCUT2D eigenvalue weighted by Gasteiger charge is 2.29. The molecule has 0 atom stereocenters. The first-order chi connectivity index (χ1) is 13.7. The van der Waals surface area contributed by atoms with Gasteiger partial charge >= 0.3 is 0 Å². The second-order valence-electron chi connectivity index (χ2n) is 7.12. The molecular weight excluding hydrogens is 417 g/mol. The zero-order chi connectivity index (χ0) is 21.2. The minimum Gasteiger partial charge on any atom is -0.323 e. The van der Waals surface area contributed by atoms with Crippen molar-refractivity contribution in [2.24, 2.45) is 0 Å². The van der Waals surface area contributed by atoms with E-state index in [1.165, 1.54) is 22.5 Å². The molecule has 2 aromatic rings. The van der Waals surface area contributed by atoms with E-state index in [-0.39, 0.29) is 30.4 Å². The summed E-state index contributed by atoms with van der Waals surface area (Å²) in [5, 5.41) is 3.33. The zero-order valence-electron chi connectivity index (χ0n) is 16.3. The van der Waals surface area contributed by atoms with Crippen LogP contribution in [0.1, 0.15) is 11.1 Å². The SMILES string of the molecule is Cc1cc(C)c(NC(=O)CN2CCN(S(=O)(=O)c3cccc(F)c3)CC2)c(Cl)c1. The van der Waals surface area contributed by atoms with Crippen LogP contribution >= 0.6 is 11.6 Å². The van der Waals surface area contributed by atoms with E-state index in [2.05, 4.69) is 5.32 Å². The smallest absolute Gasteiger partial charge is 0.243 e. The number of piperazine rings is 1. The number of benzene rings is 2. The lowest BCUT2D eigenvalue weighted by Gasteiger charge is -2.33. The minimum atomic E-state index is -3.75.